The molecular formula is C18H18N4O3S. The van der Waals surface area contributed by atoms with Crippen molar-refractivity contribution in [2.45, 2.75) is 17.9 Å². The van der Waals surface area contributed by atoms with E-state index in [0.29, 0.717) is 17.8 Å². The summed E-state index contributed by atoms with van der Waals surface area (Å²) in [5, 5.41) is 8.84. The number of amides is 1. The summed E-state index contributed by atoms with van der Waals surface area (Å²) in [4.78, 5) is 18.4. The smallest absolute Gasteiger partial charge is 0.272 e. The quantitative estimate of drug-likeness (QED) is 0.816. The Morgan fingerprint density at radius 1 is 1.19 bits per heavy atom. The van der Waals surface area contributed by atoms with E-state index in [0.717, 1.165) is 0 Å². The second-order valence-electron chi connectivity index (χ2n) is 6.06. The molecule has 0 saturated carbocycles. The van der Waals surface area contributed by atoms with Gasteiger partial charge in [0.2, 0.25) is 10.0 Å². The molecule has 1 aliphatic rings. The summed E-state index contributed by atoms with van der Waals surface area (Å²) >= 11 is 0. The van der Waals surface area contributed by atoms with Crippen LogP contribution in [0.1, 0.15) is 23.0 Å². The van der Waals surface area contributed by atoms with Gasteiger partial charge in [-0.05, 0) is 43.3 Å². The average molecular weight is 370 g/mol. The third kappa shape index (κ3) is 3.45. The molecule has 1 fully saturated rings. The van der Waals surface area contributed by atoms with Crippen LogP contribution in [0.3, 0.4) is 0 Å². The van der Waals surface area contributed by atoms with Crippen molar-refractivity contribution in [1.29, 1.82) is 5.26 Å². The molecule has 1 saturated heterocycles. The van der Waals surface area contributed by atoms with Crippen molar-refractivity contribution in [3.8, 4) is 6.07 Å². The highest BCUT2D eigenvalue weighted by molar-refractivity contribution is 7.89. The molecular weight excluding hydrogens is 352 g/mol. The van der Waals surface area contributed by atoms with Crippen LogP contribution in [-0.4, -0.2) is 54.2 Å². The average Bonchev–Trinajstić information content (AvgIpc) is 2.68. The van der Waals surface area contributed by atoms with Gasteiger partial charge in [-0.1, -0.05) is 6.07 Å². The predicted molar refractivity (Wildman–Crippen MR) is 94.7 cm³/mol. The molecule has 0 N–H and O–H groups in total. The Bertz CT molecular complexity index is 937. The maximum absolute atomic E-state index is 12.8. The first-order chi connectivity index (χ1) is 12.4. The Labute approximate surface area is 152 Å². The largest absolute Gasteiger partial charge is 0.332 e. The zero-order valence-electron chi connectivity index (χ0n) is 14.2. The molecule has 1 aliphatic heterocycles. The molecule has 134 valence electrons. The van der Waals surface area contributed by atoms with Crippen LogP contribution < -0.4 is 0 Å². The van der Waals surface area contributed by atoms with Crippen LogP contribution in [0.25, 0.3) is 0 Å². The second-order valence-corrected chi connectivity index (χ2v) is 8.00. The van der Waals surface area contributed by atoms with Crippen LogP contribution in [0.2, 0.25) is 0 Å². The van der Waals surface area contributed by atoms with Gasteiger partial charge in [0, 0.05) is 31.9 Å². The molecule has 1 atom stereocenters. The molecule has 0 spiro atoms. The highest BCUT2D eigenvalue weighted by atomic mass is 32.2. The third-order valence-electron chi connectivity index (χ3n) is 4.36. The number of sulfonamides is 1. The van der Waals surface area contributed by atoms with E-state index in [1.807, 2.05) is 13.0 Å². The van der Waals surface area contributed by atoms with E-state index in [2.05, 4.69) is 4.98 Å². The van der Waals surface area contributed by atoms with E-state index < -0.39 is 10.0 Å². The summed E-state index contributed by atoms with van der Waals surface area (Å²) in [7, 11) is -3.66. The van der Waals surface area contributed by atoms with Crippen molar-refractivity contribution in [1.82, 2.24) is 14.2 Å². The molecule has 0 aliphatic carbocycles. The van der Waals surface area contributed by atoms with Crippen LogP contribution >= 0.6 is 0 Å². The number of benzene rings is 1. The molecule has 7 nitrogen and oxygen atoms in total. The minimum Gasteiger partial charge on any atom is -0.332 e. The lowest BCUT2D eigenvalue weighted by molar-refractivity contribution is 0.0585. The number of carbonyl (C=O) groups is 1. The number of hydrogen-bond acceptors (Lipinski definition) is 5. The maximum Gasteiger partial charge on any atom is 0.272 e. The van der Waals surface area contributed by atoms with Gasteiger partial charge >= 0.3 is 0 Å². The summed E-state index contributed by atoms with van der Waals surface area (Å²) in [6, 6.07) is 12.7. The SMILES string of the molecule is CC1CN(S(=O)(=O)c2ccc(C#N)cc2)CCN1C(=O)c1ccccn1. The molecule has 2 heterocycles. The normalized spacial score (nSPS) is 18.3. The van der Waals surface area contributed by atoms with Crippen molar-refractivity contribution in [3.05, 3.63) is 59.9 Å². The van der Waals surface area contributed by atoms with Crippen LogP contribution in [-0.2, 0) is 10.0 Å². The Balaban J connectivity index is 1.75. The molecule has 26 heavy (non-hydrogen) atoms. The number of carbonyl (C=O) groups excluding carboxylic acids is 1. The maximum atomic E-state index is 12.8. The molecule has 0 bridgehead atoms. The molecule has 3 rings (SSSR count). The first kappa shape index (κ1) is 18.0. The number of nitrogens with zero attached hydrogens (tertiary/aromatic N) is 4. The van der Waals surface area contributed by atoms with E-state index >= 15 is 0 Å². The zero-order valence-corrected chi connectivity index (χ0v) is 15.1. The molecule has 1 amide bonds. The van der Waals surface area contributed by atoms with Gasteiger partial charge in [-0.25, -0.2) is 8.42 Å². The zero-order chi connectivity index (χ0) is 18.7. The van der Waals surface area contributed by atoms with Crippen LogP contribution in [0, 0.1) is 11.3 Å². The molecule has 8 heteroatoms. The Hall–Kier alpha value is -2.76. The Morgan fingerprint density at radius 2 is 1.92 bits per heavy atom. The lowest BCUT2D eigenvalue weighted by Gasteiger charge is -2.39. The standard InChI is InChI=1S/C18H18N4O3S/c1-14-13-21(26(24,25)16-7-5-15(12-19)6-8-16)10-11-22(14)18(23)17-4-2-3-9-20-17/h2-9,14H,10-11,13H2,1H3. The minimum absolute atomic E-state index is 0.146. The van der Waals surface area contributed by atoms with Crippen molar-refractivity contribution in [2.24, 2.45) is 0 Å². The fourth-order valence-corrected chi connectivity index (χ4v) is 4.44. The lowest BCUT2D eigenvalue weighted by atomic mass is 10.2. The van der Waals surface area contributed by atoms with Gasteiger partial charge in [0.15, 0.2) is 0 Å². The van der Waals surface area contributed by atoms with Gasteiger partial charge in [-0.15, -0.1) is 0 Å². The number of aromatic nitrogens is 1. The molecule has 1 aromatic heterocycles. The van der Waals surface area contributed by atoms with Crippen LogP contribution in [0.4, 0.5) is 0 Å². The van der Waals surface area contributed by atoms with E-state index in [1.165, 1.54) is 28.6 Å². The van der Waals surface area contributed by atoms with E-state index in [-0.39, 0.29) is 29.9 Å². The summed E-state index contributed by atoms with van der Waals surface area (Å²) in [6.07, 6.45) is 1.56. The van der Waals surface area contributed by atoms with Gasteiger partial charge in [0.1, 0.15) is 5.69 Å². The molecule has 0 radical (unpaired) electrons. The summed E-state index contributed by atoms with van der Waals surface area (Å²) in [5.41, 5.74) is 0.755. The number of pyridine rings is 1. The summed E-state index contributed by atoms with van der Waals surface area (Å²) in [5.74, 6) is -0.200. The predicted octanol–water partition coefficient (Wildman–Crippen LogP) is 1.49. The van der Waals surface area contributed by atoms with E-state index in [1.54, 1.807) is 29.3 Å². The summed E-state index contributed by atoms with van der Waals surface area (Å²) in [6.45, 7) is 2.54. The van der Waals surface area contributed by atoms with Crippen molar-refractivity contribution >= 4 is 15.9 Å². The van der Waals surface area contributed by atoms with Crippen molar-refractivity contribution in [3.63, 3.8) is 0 Å². The molecule has 2 aromatic rings. The van der Waals surface area contributed by atoms with Gasteiger partial charge in [0.25, 0.3) is 5.91 Å². The van der Waals surface area contributed by atoms with Crippen LogP contribution in [0.15, 0.2) is 53.6 Å². The highest BCUT2D eigenvalue weighted by Gasteiger charge is 2.34. The molecule has 1 aromatic carbocycles. The van der Waals surface area contributed by atoms with E-state index in [9.17, 15) is 13.2 Å². The van der Waals surface area contributed by atoms with Crippen molar-refractivity contribution in [2.75, 3.05) is 19.6 Å². The topological polar surface area (TPSA) is 94.4 Å². The van der Waals surface area contributed by atoms with Crippen LogP contribution in [0.5, 0.6) is 0 Å². The van der Waals surface area contributed by atoms with E-state index in [4.69, 9.17) is 5.26 Å². The first-order valence-corrected chi connectivity index (χ1v) is 9.60. The first-order valence-electron chi connectivity index (χ1n) is 8.16. The lowest BCUT2D eigenvalue weighted by Crippen LogP contribution is -2.55. The van der Waals surface area contributed by atoms with Gasteiger partial charge in [0.05, 0.1) is 16.5 Å². The number of nitriles is 1. The fraction of sp³-hybridized carbons (Fsp3) is 0.278. The van der Waals surface area contributed by atoms with Crippen molar-refractivity contribution < 1.29 is 13.2 Å². The minimum atomic E-state index is -3.66. The number of piperazine rings is 1. The second kappa shape index (κ2) is 7.23. The fourth-order valence-electron chi connectivity index (χ4n) is 2.93. The Morgan fingerprint density at radius 3 is 2.50 bits per heavy atom. The third-order valence-corrected chi connectivity index (χ3v) is 6.24. The van der Waals surface area contributed by atoms with Gasteiger partial charge < -0.3 is 4.90 Å². The monoisotopic (exact) mass is 370 g/mol. The molecule has 1 unspecified atom stereocenters. The number of hydrogen-bond donors (Lipinski definition) is 0. The van der Waals surface area contributed by atoms with Gasteiger partial charge in [-0.2, -0.15) is 9.57 Å². The number of rotatable bonds is 3. The Kier molecular flexibility index (Phi) is 5.02. The highest BCUT2D eigenvalue weighted by Crippen LogP contribution is 2.21. The van der Waals surface area contributed by atoms with Gasteiger partial charge in [-0.3, -0.25) is 9.78 Å². The summed E-state index contributed by atoms with van der Waals surface area (Å²) < 4.78 is 27.0.